The number of nitrogens with two attached hydrogens (primary N) is 1. The van der Waals surface area contributed by atoms with Crippen molar-refractivity contribution in [3.8, 4) is 0 Å². The van der Waals surface area contributed by atoms with Gasteiger partial charge in [0, 0.05) is 28.8 Å². The topological polar surface area (TPSA) is 108 Å². The molecule has 2 rings (SSSR count). The molecule has 1 heterocycles. The zero-order valence-corrected chi connectivity index (χ0v) is 10.7. The molecule has 5 N–H and O–H groups in total. The number of sulfonamides is 1. The Morgan fingerprint density at radius 2 is 2.22 bits per heavy atom. The summed E-state index contributed by atoms with van der Waals surface area (Å²) in [4.78, 5) is 3.01. The molecule has 18 heavy (non-hydrogen) atoms. The van der Waals surface area contributed by atoms with Gasteiger partial charge in [-0.3, -0.25) is 0 Å². The molecular formula is C11H15N3O3S. The van der Waals surface area contributed by atoms with Crippen molar-refractivity contribution < 1.29 is 13.5 Å². The first-order valence-electron chi connectivity index (χ1n) is 5.44. The Kier molecular flexibility index (Phi) is 3.29. The van der Waals surface area contributed by atoms with Crippen LogP contribution < -0.4 is 10.5 Å². The third-order valence-electron chi connectivity index (χ3n) is 2.59. The van der Waals surface area contributed by atoms with Crippen molar-refractivity contribution in [2.45, 2.75) is 17.9 Å². The first-order valence-corrected chi connectivity index (χ1v) is 6.92. The molecule has 7 heteroatoms. The summed E-state index contributed by atoms with van der Waals surface area (Å²) in [7, 11) is -3.67. The number of aliphatic hydroxyl groups excluding tert-OH is 1. The molecule has 0 unspecified atom stereocenters. The van der Waals surface area contributed by atoms with Crippen LogP contribution in [0.2, 0.25) is 0 Å². The van der Waals surface area contributed by atoms with Crippen LogP contribution >= 0.6 is 0 Å². The second-order valence-corrected chi connectivity index (χ2v) is 5.85. The highest BCUT2D eigenvalue weighted by Gasteiger charge is 2.20. The van der Waals surface area contributed by atoms with Crippen LogP contribution in [0.15, 0.2) is 29.3 Å². The Morgan fingerprint density at radius 3 is 2.89 bits per heavy atom. The first kappa shape index (κ1) is 12.9. The van der Waals surface area contributed by atoms with Crippen molar-refractivity contribution in [1.29, 1.82) is 0 Å². The van der Waals surface area contributed by atoms with Gasteiger partial charge < -0.3 is 15.8 Å². The minimum absolute atomic E-state index is 0.130. The molecular weight excluding hydrogens is 254 g/mol. The van der Waals surface area contributed by atoms with E-state index in [1.807, 2.05) is 0 Å². The lowest BCUT2D eigenvalue weighted by atomic mass is 10.2. The molecule has 0 bridgehead atoms. The average molecular weight is 269 g/mol. The number of rotatable bonds is 4. The van der Waals surface area contributed by atoms with Gasteiger partial charge in [0.2, 0.25) is 10.0 Å². The summed E-state index contributed by atoms with van der Waals surface area (Å²) in [5.74, 6) is 0. The van der Waals surface area contributed by atoms with E-state index in [-0.39, 0.29) is 11.5 Å². The molecule has 0 aliphatic carbocycles. The summed E-state index contributed by atoms with van der Waals surface area (Å²) in [6.45, 7) is 1.32. The van der Waals surface area contributed by atoms with Crippen LogP contribution in [0.1, 0.15) is 6.92 Å². The standard InChI is InChI=1S/C11H15N3O3S/c1-7(6-15)14-18(16,17)11-5-13-10-3-2-8(12)4-9(10)11/h2-5,7,13-15H,6,12H2,1H3/t7-/m0/s1. The number of benzene rings is 1. The molecule has 98 valence electrons. The maximum atomic E-state index is 12.1. The van der Waals surface area contributed by atoms with Crippen LogP contribution in [0, 0.1) is 0 Å². The van der Waals surface area contributed by atoms with Gasteiger partial charge in [-0.1, -0.05) is 0 Å². The molecule has 0 aliphatic heterocycles. The normalized spacial score (nSPS) is 13.9. The highest BCUT2D eigenvalue weighted by Crippen LogP contribution is 2.24. The molecule has 0 radical (unpaired) electrons. The largest absolute Gasteiger partial charge is 0.399 e. The van der Waals surface area contributed by atoms with Gasteiger partial charge in [0.25, 0.3) is 0 Å². The van der Waals surface area contributed by atoms with Crippen molar-refractivity contribution in [2.24, 2.45) is 0 Å². The number of hydrogen-bond donors (Lipinski definition) is 4. The Labute approximate surface area is 105 Å². The van der Waals surface area contributed by atoms with Gasteiger partial charge in [-0.05, 0) is 25.1 Å². The molecule has 0 fully saturated rings. The van der Waals surface area contributed by atoms with E-state index in [1.54, 1.807) is 25.1 Å². The highest BCUT2D eigenvalue weighted by atomic mass is 32.2. The van der Waals surface area contributed by atoms with Gasteiger partial charge in [0.05, 0.1) is 6.61 Å². The number of hydrogen-bond acceptors (Lipinski definition) is 4. The second-order valence-electron chi connectivity index (χ2n) is 4.16. The van der Waals surface area contributed by atoms with E-state index in [9.17, 15) is 8.42 Å². The number of nitrogens with one attached hydrogen (secondary N) is 2. The first-order chi connectivity index (χ1) is 8.44. The van der Waals surface area contributed by atoms with Crippen LogP contribution in [0.25, 0.3) is 10.9 Å². The van der Waals surface area contributed by atoms with E-state index in [4.69, 9.17) is 10.8 Å². The van der Waals surface area contributed by atoms with Gasteiger partial charge >= 0.3 is 0 Å². The Balaban J connectivity index is 2.50. The van der Waals surface area contributed by atoms with Crippen LogP contribution in [0.5, 0.6) is 0 Å². The van der Waals surface area contributed by atoms with Crippen molar-refractivity contribution in [3.05, 3.63) is 24.4 Å². The summed E-state index contributed by atoms with van der Waals surface area (Å²) in [6, 6.07) is 4.48. The molecule has 1 aromatic carbocycles. The maximum absolute atomic E-state index is 12.1. The van der Waals surface area contributed by atoms with Gasteiger partial charge in [0.1, 0.15) is 4.90 Å². The van der Waals surface area contributed by atoms with Crippen molar-refractivity contribution in [3.63, 3.8) is 0 Å². The number of aromatic nitrogens is 1. The summed E-state index contributed by atoms with van der Waals surface area (Å²) < 4.78 is 26.6. The summed E-state index contributed by atoms with van der Waals surface area (Å²) in [5.41, 5.74) is 6.84. The number of H-pyrrole nitrogens is 1. The Morgan fingerprint density at radius 1 is 1.50 bits per heavy atom. The maximum Gasteiger partial charge on any atom is 0.243 e. The quantitative estimate of drug-likeness (QED) is 0.603. The number of aromatic amines is 1. The third-order valence-corrected chi connectivity index (χ3v) is 4.22. The second kappa shape index (κ2) is 4.60. The fourth-order valence-corrected chi connectivity index (χ4v) is 3.10. The molecule has 1 aromatic heterocycles. The summed E-state index contributed by atoms with van der Waals surface area (Å²) >= 11 is 0. The van der Waals surface area contributed by atoms with E-state index >= 15 is 0 Å². The minimum Gasteiger partial charge on any atom is -0.399 e. The number of fused-ring (bicyclic) bond motifs is 1. The average Bonchev–Trinajstić information content (AvgIpc) is 2.71. The van der Waals surface area contributed by atoms with Crippen LogP contribution in [0.4, 0.5) is 5.69 Å². The summed E-state index contributed by atoms with van der Waals surface area (Å²) in [5, 5.41) is 9.43. The summed E-state index contributed by atoms with van der Waals surface area (Å²) in [6.07, 6.45) is 1.41. The van der Waals surface area contributed by atoms with E-state index < -0.39 is 16.1 Å². The van der Waals surface area contributed by atoms with Crippen molar-refractivity contribution in [1.82, 2.24) is 9.71 Å². The number of aliphatic hydroxyl groups is 1. The molecule has 0 aliphatic rings. The molecule has 0 spiro atoms. The Hall–Kier alpha value is -1.57. The van der Waals surface area contributed by atoms with Crippen LogP contribution in [-0.2, 0) is 10.0 Å². The van der Waals surface area contributed by atoms with Crippen LogP contribution in [0.3, 0.4) is 0 Å². The minimum atomic E-state index is -3.67. The SMILES string of the molecule is C[C@@H](CO)NS(=O)(=O)c1c[nH]c2ccc(N)cc12. The molecule has 2 aromatic rings. The molecule has 0 amide bonds. The van der Waals surface area contributed by atoms with E-state index in [0.717, 1.165) is 0 Å². The molecule has 0 saturated heterocycles. The van der Waals surface area contributed by atoms with Crippen molar-refractivity contribution in [2.75, 3.05) is 12.3 Å². The molecule has 0 saturated carbocycles. The van der Waals surface area contributed by atoms with Gasteiger partial charge in [-0.25, -0.2) is 13.1 Å². The zero-order chi connectivity index (χ0) is 13.3. The predicted molar refractivity (Wildman–Crippen MR) is 69.6 cm³/mol. The number of nitrogen functional groups attached to an aromatic ring is 1. The molecule has 1 atom stereocenters. The number of anilines is 1. The van der Waals surface area contributed by atoms with Gasteiger partial charge in [-0.15, -0.1) is 0 Å². The van der Waals surface area contributed by atoms with Crippen molar-refractivity contribution >= 4 is 26.6 Å². The van der Waals surface area contributed by atoms with E-state index in [0.29, 0.717) is 16.6 Å². The van der Waals surface area contributed by atoms with E-state index in [1.165, 1.54) is 6.20 Å². The Bertz CT molecular complexity index is 663. The highest BCUT2D eigenvalue weighted by molar-refractivity contribution is 7.89. The molecule has 6 nitrogen and oxygen atoms in total. The monoisotopic (exact) mass is 269 g/mol. The lowest BCUT2D eigenvalue weighted by molar-refractivity contribution is 0.265. The van der Waals surface area contributed by atoms with Crippen LogP contribution in [-0.4, -0.2) is 31.2 Å². The van der Waals surface area contributed by atoms with Gasteiger partial charge in [-0.2, -0.15) is 0 Å². The zero-order valence-electron chi connectivity index (χ0n) is 9.84. The van der Waals surface area contributed by atoms with E-state index in [2.05, 4.69) is 9.71 Å². The predicted octanol–water partition coefficient (Wildman–Crippen LogP) is 0.409. The fraction of sp³-hybridized carbons (Fsp3) is 0.273. The lowest BCUT2D eigenvalue weighted by Gasteiger charge is -2.10. The lowest BCUT2D eigenvalue weighted by Crippen LogP contribution is -2.34. The van der Waals surface area contributed by atoms with Gasteiger partial charge in [0.15, 0.2) is 0 Å². The fourth-order valence-electron chi connectivity index (χ4n) is 1.70. The smallest absolute Gasteiger partial charge is 0.243 e. The third kappa shape index (κ3) is 2.33.